The minimum atomic E-state index is -0.370. The lowest BCUT2D eigenvalue weighted by Crippen LogP contribution is -2.32. The molecule has 2 aromatic rings. The van der Waals surface area contributed by atoms with Crippen molar-refractivity contribution >= 4 is 17.5 Å². The molecule has 1 aliphatic rings. The predicted octanol–water partition coefficient (Wildman–Crippen LogP) is 2.62. The van der Waals surface area contributed by atoms with Crippen molar-refractivity contribution in [2.24, 2.45) is 0 Å². The molecule has 0 unspecified atom stereocenters. The number of benzene rings is 2. The largest absolute Gasteiger partial charge is 0.493 e. The topological polar surface area (TPSA) is 85.9 Å². The molecule has 1 heterocycles. The van der Waals surface area contributed by atoms with E-state index in [0.717, 1.165) is 19.4 Å². The highest BCUT2D eigenvalue weighted by atomic mass is 16.5. The third kappa shape index (κ3) is 5.23. The number of para-hydroxylation sites is 3. The third-order valence-electron chi connectivity index (χ3n) is 4.39. The van der Waals surface area contributed by atoms with E-state index in [-0.39, 0.29) is 24.5 Å². The van der Waals surface area contributed by atoms with E-state index in [2.05, 4.69) is 10.6 Å². The van der Waals surface area contributed by atoms with E-state index in [1.165, 1.54) is 7.11 Å². The van der Waals surface area contributed by atoms with Crippen LogP contribution in [0.25, 0.3) is 0 Å². The van der Waals surface area contributed by atoms with Crippen molar-refractivity contribution in [1.82, 2.24) is 5.32 Å². The van der Waals surface area contributed by atoms with Crippen molar-refractivity contribution in [3.8, 4) is 11.5 Å². The first-order valence-corrected chi connectivity index (χ1v) is 9.22. The molecule has 2 amide bonds. The fraction of sp³-hybridized carbons (Fsp3) is 0.333. The number of nitrogens with one attached hydrogen (secondary N) is 2. The third-order valence-corrected chi connectivity index (χ3v) is 4.39. The van der Waals surface area contributed by atoms with Gasteiger partial charge in [0.1, 0.15) is 0 Å². The lowest BCUT2D eigenvalue weighted by Gasteiger charge is -2.14. The number of hydrogen-bond acceptors (Lipinski definition) is 5. The van der Waals surface area contributed by atoms with Crippen LogP contribution in [0.5, 0.6) is 11.5 Å². The average molecular weight is 384 g/mol. The van der Waals surface area contributed by atoms with Gasteiger partial charge in [-0.1, -0.05) is 24.3 Å². The summed E-state index contributed by atoms with van der Waals surface area (Å²) >= 11 is 0. The Bertz CT molecular complexity index is 818. The lowest BCUT2D eigenvalue weighted by atomic mass is 10.1. The van der Waals surface area contributed by atoms with Crippen molar-refractivity contribution in [2.75, 3.05) is 32.2 Å². The molecular weight excluding hydrogens is 360 g/mol. The van der Waals surface area contributed by atoms with Gasteiger partial charge in [-0.25, -0.2) is 0 Å². The van der Waals surface area contributed by atoms with Crippen molar-refractivity contribution in [1.29, 1.82) is 0 Å². The summed E-state index contributed by atoms with van der Waals surface area (Å²) in [5.41, 5.74) is 0.826. The number of hydrogen-bond donors (Lipinski definition) is 2. The molecule has 7 heteroatoms. The summed E-state index contributed by atoms with van der Waals surface area (Å²) < 4.78 is 16.2. The van der Waals surface area contributed by atoms with E-state index in [1.807, 2.05) is 6.07 Å². The minimum absolute atomic E-state index is 0.0555. The Morgan fingerprint density at radius 3 is 2.61 bits per heavy atom. The number of amides is 2. The molecule has 0 aromatic heterocycles. The first-order chi connectivity index (χ1) is 13.7. The Morgan fingerprint density at radius 1 is 1.11 bits per heavy atom. The van der Waals surface area contributed by atoms with Gasteiger partial charge < -0.3 is 24.8 Å². The highest BCUT2D eigenvalue weighted by molar-refractivity contribution is 6.04. The second-order valence-electron chi connectivity index (χ2n) is 6.38. The zero-order valence-electron chi connectivity index (χ0n) is 15.8. The van der Waals surface area contributed by atoms with E-state index < -0.39 is 0 Å². The number of anilines is 1. The van der Waals surface area contributed by atoms with E-state index in [9.17, 15) is 9.59 Å². The van der Waals surface area contributed by atoms with Crippen LogP contribution in [0.15, 0.2) is 48.5 Å². The van der Waals surface area contributed by atoms with Gasteiger partial charge in [0.05, 0.1) is 24.5 Å². The van der Waals surface area contributed by atoms with Crippen LogP contribution in [0.2, 0.25) is 0 Å². The Hall–Kier alpha value is -3.06. The average Bonchev–Trinajstić information content (AvgIpc) is 3.25. The van der Waals surface area contributed by atoms with Crippen LogP contribution in [-0.2, 0) is 9.53 Å². The second kappa shape index (κ2) is 9.75. The highest BCUT2D eigenvalue weighted by Gasteiger charge is 2.18. The zero-order chi connectivity index (χ0) is 19.8. The van der Waals surface area contributed by atoms with Gasteiger partial charge >= 0.3 is 0 Å². The molecular formula is C21H24N2O5. The van der Waals surface area contributed by atoms with E-state index in [4.69, 9.17) is 14.2 Å². The fourth-order valence-electron chi connectivity index (χ4n) is 2.96. The molecule has 7 nitrogen and oxygen atoms in total. The van der Waals surface area contributed by atoms with Gasteiger partial charge in [-0.3, -0.25) is 9.59 Å². The first-order valence-electron chi connectivity index (χ1n) is 9.22. The summed E-state index contributed by atoms with van der Waals surface area (Å²) in [6.07, 6.45) is 2.01. The van der Waals surface area contributed by atoms with E-state index in [1.54, 1.807) is 42.5 Å². The molecule has 0 radical (unpaired) electrons. The van der Waals surface area contributed by atoms with Gasteiger partial charge in [0.25, 0.3) is 11.8 Å². The van der Waals surface area contributed by atoms with Crippen molar-refractivity contribution in [3.63, 3.8) is 0 Å². The molecule has 0 spiro atoms. The quantitative estimate of drug-likeness (QED) is 0.731. The van der Waals surface area contributed by atoms with Gasteiger partial charge in [0.2, 0.25) is 0 Å². The number of methoxy groups -OCH3 is 1. The van der Waals surface area contributed by atoms with Crippen LogP contribution in [0.1, 0.15) is 23.2 Å². The minimum Gasteiger partial charge on any atom is -0.493 e. The standard InChI is InChI=1S/C21H24N2O5/c1-26-18-10-4-5-11-19(18)28-14-20(24)23-17-9-3-2-8-16(17)21(25)22-13-15-7-6-12-27-15/h2-5,8-11,15H,6-7,12-14H2,1H3,(H,22,25)(H,23,24)/t15-/m1/s1. The maximum absolute atomic E-state index is 12.5. The SMILES string of the molecule is COc1ccccc1OCC(=O)Nc1ccccc1C(=O)NC[C@H]1CCCO1. The molecule has 1 fully saturated rings. The normalized spacial score (nSPS) is 15.7. The Morgan fingerprint density at radius 2 is 1.86 bits per heavy atom. The van der Waals surface area contributed by atoms with Gasteiger partial charge in [0.15, 0.2) is 18.1 Å². The van der Waals surface area contributed by atoms with Crippen LogP contribution in [-0.4, -0.2) is 44.8 Å². The fourth-order valence-corrected chi connectivity index (χ4v) is 2.96. The number of carbonyl (C=O) groups excluding carboxylic acids is 2. The van der Waals surface area contributed by atoms with Crippen molar-refractivity contribution < 1.29 is 23.8 Å². The van der Waals surface area contributed by atoms with Gasteiger partial charge in [-0.2, -0.15) is 0 Å². The molecule has 2 N–H and O–H groups in total. The zero-order valence-corrected chi connectivity index (χ0v) is 15.8. The number of carbonyl (C=O) groups is 2. The molecule has 2 aromatic carbocycles. The summed E-state index contributed by atoms with van der Waals surface area (Å²) in [7, 11) is 1.54. The molecule has 3 rings (SSSR count). The van der Waals surface area contributed by atoms with Gasteiger partial charge in [0, 0.05) is 13.2 Å². The highest BCUT2D eigenvalue weighted by Crippen LogP contribution is 2.25. The van der Waals surface area contributed by atoms with E-state index >= 15 is 0 Å². The van der Waals surface area contributed by atoms with Crippen LogP contribution < -0.4 is 20.1 Å². The molecule has 1 aliphatic heterocycles. The first kappa shape index (κ1) is 19.7. The van der Waals surface area contributed by atoms with Crippen molar-refractivity contribution in [3.05, 3.63) is 54.1 Å². The van der Waals surface area contributed by atoms with Crippen LogP contribution in [0.4, 0.5) is 5.69 Å². The van der Waals surface area contributed by atoms with E-state index in [0.29, 0.717) is 29.3 Å². The second-order valence-corrected chi connectivity index (χ2v) is 6.38. The molecule has 28 heavy (non-hydrogen) atoms. The van der Waals surface area contributed by atoms with Gasteiger partial charge in [-0.05, 0) is 37.1 Å². The van der Waals surface area contributed by atoms with Crippen molar-refractivity contribution in [2.45, 2.75) is 18.9 Å². The predicted molar refractivity (Wildman–Crippen MR) is 105 cm³/mol. The summed E-state index contributed by atoms with van der Waals surface area (Å²) in [6, 6.07) is 13.9. The summed E-state index contributed by atoms with van der Waals surface area (Å²) in [4.78, 5) is 24.8. The lowest BCUT2D eigenvalue weighted by molar-refractivity contribution is -0.118. The van der Waals surface area contributed by atoms with Crippen LogP contribution >= 0.6 is 0 Å². The van der Waals surface area contributed by atoms with Crippen LogP contribution in [0.3, 0.4) is 0 Å². The monoisotopic (exact) mass is 384 g/mol. The summed E-state index contributed by atoms with van der Waals surface area (Å²) in [6.45, 7) is 0.990. The molecule has 1 atom stereocenters. The van der Waals surface area contributed by atoms with Gasteiger partial charge in [-0.15, -0.1) is 0 Å². The smallest absolute Gasteiger partial charge is 0.262 e. The maximum atomic E-state index is 12.5. The van der Waals surface area contributed by atoms with Crippen LogP contribution in [0, 0.1) is 0 Å². The molecule has 0 aliphatic carbocycles. The number of ether oxygens (including phenoxy) is 3. The molecule has 148 valence electrons. The number of rotatable bonds is 8. The Balaban J connectivity index is 1.57. The summed E-state index contributed by atoms with van der Waals surface area (Å²) in [5, 5.41) is 5.59. The molecule has 0 bridgehead atoms. The maximum Gasteiger partial charge on any atom is 0.262 e. The Labute approximate surface area is 164 Å². The summed E-state index contributed by atoms with van der Waals surface area (Å²) in [5.74, 6) is 0.397. The molecule has 1 saturated heterocycles. The molecule has 0 saturated carbocycles. The Kier molecular flexibility index (Phi) is 6.86.